The zero-order valence-corrected chi connectivity index (χ0v) is 15.0. The molecule has 4 nitrogen and oxygen atoms in total. The van der Waals surface area contributed by atoms with Crippen molar-refractivity contribution in [3.63, 3.8) is 0 Å². The molecule has 0 bridgehead atoms. The van der Waals surface area contributed by atoms with Gasteiger partial charge in [-0.05, 0) is 49.3 Å². The maximum atomic E-state index is 5.87. The van der Waals surface area contributed by atoms with E-state index in [1.54, 1.807) is 0 Å². The summed E-state index contributed by atoms with van der Waals surface area (Å²) < 4.78 is 5.56. The maximum absolute atomic E-state index is 5.87. The van der Waals surface area contributed by atoms with E-state index in [2.05, 4.69) is 29.4 Å². The Balaban J connectivity index is 0.00000220. The molecule has 0 heterocycles. The number of anilines is 1. The Hall–Kier alpha value is -0.820. The number of aryl methyl sites for hydroxylation is 1. The van der Waals surface area contributed by atoms with Gasteiger partial charge in [-0.3, -0.25) is 4.99 Å². The molecule has 0 amide bonds. The lowest BCUT2D eigenvalue weighted by molar-refractivity contribution is 0.123. The topological polar surface area (TPSA) is 59.6 Å². The van der Waals surface area contributed by atoms with Crippen molar-refractivity contribution in [2.24, 2.45) is 16.6 Å². The summed E-state index contributed by atoms with van der Waals surface area (Å²) in [5.41, 5.74) is 8.15. The molecule has 0 atom stereocenters. The van der Waals surface area contributed by atoms with E-state index in [0.717, 1.165) is 37.7 Å². The molecule has 0 aromatic heterocycles. The van der Waals surface area contributed by atoms with Crippen LogP contribution in [-0.4, -0.2) is 25.7 Å². The van der Waals surface area contributed by atoms with Crippen molar-refractivity contribution in [2.75, 3.05) is 25.1 Å². The van der Waals surface area contributed by atoms with Crippen molar-refractivity contribution in [1.29, 1.82) is 0 Å². The van der Waals surface area contributed by atoms with Crippen molar-refractivity contribution in [2.45, 2.75) is 32.6 Å². The first kappa shape index (κ1) is 18.2. The molecule has 0 unspecified atom stereocenters. The highest BCUT2D eigenvalue weighted by Crippen LogP contribution is 2.28. The summed E-state index contributed by atoms with van der Waals surface area (Å²) in [6.07, 6.45) is 4.62. The van der Waals surface area contributed by atoms with E-state index in [9.17, 15) is 0 Å². The number of guanidine groups is 1. The first-order valence-corrected chi connectivity index (χ1v) is 7.51. The molecule has 0 radical (unpaired) electrons. The minimum atomic E-state index is 0. The van der Waals surface area contributed by atoms with Gasteiger partial charge in [0.15, 0.2) is 5.96 Å². The van der Waals surface area contributed by atoms with Gasteiger partial charge in [0, 0.05) is 25.4 Å². The van der Waals surface area contributed by atoms with E-state index in [4.69, 9.17) is 10.5 Å². The van der Waals surface area contributed by atoms with Crippen LogP contribution < -0.4 is 11.1 Å². The van der Waals surface area contributed by atoms with Crippen LogP contribution in [0.25, 0.3) is 0 Å². The average Bonchev–Trinajstić information content (AvgIpc) is 3.27. The number of aliphatic imine (C=N–C) groups is 1. The van der Waals surface area contributed by atoms with Gasteiger partial charge in [0.1, 0.15) is 0 Å². The minimum absolute atomic E-state index is 0. The summed E-state index contributed by atoms with van der Waals surface area (Å²) >= 11 is 0. The highest BCUT2D eigenvalue weighted by molar-refractivity contribution is 14.0. The molecule has 0 spiro atoms. The van der Waals surface area contributed by atoms with Gasteiger partial charge in [0.25, 0.3) is 0 Å². The zero-order chi connectivity index (χ0) is 14.2. The van der Waals surface area contributed by atoms with Crippen molar-refractivity contribution in [1.82, 2.24) is 0 Å². The highest BCUT2D eigenvalue weighted by atomic mass is 127. The van der Waals surface area contributed by atoms with Gasteiger partial charge in [-0.15, -0.1) is 24.0 Å². The molecule has 1 fully saturated rings. The molecule has 1 aliphatic rings. The number of nitrogens with two attached hydrogens (primary N) is 1. The van der Waals surface area contributed by atoms with Crippen LogP contribution in [0.2, 0.25) is 0 Å². The fourth-order valence-electron chi connectivity index (χ4n) is 1.96. The van der Waals surface area contributed by atoms with E-state index in [1.165, 1.54) is 18.4 Å². The second kappa shape index (κ2) is 10.00. The lowest BCUT2D eigenvalue weighted by Gasteiger charge is -2.07. The zero-order valence-electron chi connectivity index (χ0n) is 12.7. The quantitative estimate of drug-likeness (QED) is 0.303. The Kier molecular flexibility index (Phi) is 8.68. The number of rotatable bonds is 8. The van der Waals surface area contributed by atoms with Crippen LogP contribution in [-0.2, 0) is 11.2 Å². The molecular weight excluding hydrogens is 377 g/mol. The largest absolute Gasteiger partial charge is 0.381 e. The van der Waals surface area contributed by atoms with Crippen molar-refractivity contribution >= 4 is 35.6 Å². The van der Waals surface area contributed by atoms with Crippen LogP contribution >= 0.6 is 24.0 Å². The second-order valence-electron chi connectivity index (χ2n) is 5.32. The Morgan fingerprint density at radius 2 is 2.24 bits per heavy atom. The number of ether oxygens (including phenoxy) is 1. The molecule has 118 valence electrons. The fourth-order valence-corrected chi connectivity index (χ4v) is 1.96. The molecule has 21 heavy (non-hydrogen) atoms. The Bertz CT molecular complexity index is 447. The summed E-state index contributed by atoms with van der Waals surface area (Å²) in [5, 5.41) is 3.12. The van der Waals surface area contributed by atoms with E-state index < -0.39 is 0 Å². The van der Waals surface area contributed by atoms with Crippen LogP contribution in [0.15, 0.2) is 29.3 Å². The lowest BCUT2D eigenvalue weighted by Crippen LogP contribution is -2.23. The third kappa shape index (κ3) is 7.66. The van der Waals surface area contributed by atoms with Crippen LogP contribution in [0, 0.1) is 5.92 Å². The molecule has 1 aromatic rings. The molecule has 5 heteroatoms. The summed E-state index contributed by atoms with van der Waals surface area (Å²) in [4.78, 5) is 4.31. The minimum Gasteiger partial charge on any atom is -0.381 e. The van der Waals surface area contributed by atoms with E-state index in [1.807, 2.05) is 12.1 Å². The summed E-state index contributed by atoms with van der Waals surface area (Å²) in [5.74, 6) is 1.30. The van der Waals surface area contributed by atoms with Crippen LogP contribution in [0.1, 0.15) is 31.7 Å². The third-order valence-corrected chi connectivity index (χ3v) is 3.39. The van der Waals surface area contributed by atoms with Crippen molar-refractivity contribution in [3.8, 4) is 0 Å². The van der Waals surface area contributed by atoms with Crippen LogP contribution in [0.3, 0.4) is 0 Å². The second-order valence-corrected chi connectivity index (χ2v) is 5.32. The highest BCUT2D eigenvalue weighted by Gasteiger charge is 2.20. The first-order valence-electron chi connectivity index (χ1n) is 7.51. The SMILES string of the molecule is CCc1cccc(NC(N)=NCCCOCC2CC2)c1.I. The summed E-state index contributed by atoms with van der Waals surface area (Å²) in [6, 6.07) is 8.23. The van der Waals surface area contributed by atoms with Gasteiger partial charge in [0.2, 0.25) is 0 Å². The van der Waals surface area contributed by atoms with Gasteiger partial charge in [0.05, 0.1) is 0 Å². The summed E-state index contributed by atoms with van der Waals surface area (Å²) in [7, 11) is 0. The first-order chi connectivity index (χ1) is 9.78. The Morgan fingerprint density at radius 3 is 2.95 bits per heavy atom. The van der Waals surface area contributed by atoms with Crippen LogP contribution in [0.4, 0.5) is 5.69 Å². The maximum Gasteiger partial charge on any atom is 0.193 e. The molecule has 0 saturated heterocycles. The lowest BCUT2D eigenvalue weighted by atomic mass is 10.1. The molecule has 1 saturated carbocycles. The fraction of sp³-hybridized carbons (Fsp3) is 0.562. The Labute approximate surface area is 144 Å². The van der Waals surface area contributed by atoms with Crippen LogP contribution in [0.5, 0.6) is 0 Å². The predicted molar refractivity (Wildman–Crippen MR) is 99.5 cm³/mol. The van der Waals surface area contributed by atoms with Gasteiger partial charge in [-0.2, -0.15) is 0 Å². The van der Waals surface area contributed by atoms with Crippen molar-refractivity contribution < 1.29 is 4.74 Å². The molecule has 3 N–H and O–H groups in total. The molecule has 0 aliphatic heterocycles. The van der Waals surface area contributed by atoms with Gasteiger partial charge in [-0.25, -0.2) is 0 Å². The van der Waals surface area contributed by atoms with E-state index >= 15 is 0 Å². The molecule has 2 rings (SSSR count). The Morgan fingerprint density at radius 1 is 1.43 bits per heavy atom. The number of halogens is 1. The number of hydrogen-bond donors (Lipinski definition) is 2. The molecule has 1 aliphatic carbocycles. The van der Waals surface area contributed by atoms with E-state index in [0.29, 0.717) is 12.5 Å². The monoisotopic (exact) mass is 403 g/mol. The normalized spacial score (nSPS) is 14.6. The smallest absolute Gasteiger partial charge is 0.193 e. The third-order valence-electron chi connectivity index (χ3n) is 3.39. The number of hydrogen-bond acceptors (Lipinski definition) is 2. The number of nitrogens with zero attached hydrogens (tertiary/aromatic N) is 1. The van der Waals surface area contributed by atoms with Gasteiger partial charge < -0.3 is 15.8 Å². The van der Waals surface area contributed by atoms with E-state index in [-0.39, 0.29) is 24.0 Å². The number of benzene rings is 1. The van der Waals surface area contributed by atoms with Gasteiger partial charge >= 0.3 is 0 Å². The summed E-state index contributed by atoms with van der Waals surface area (Å²) in [6.45, 7) is 4.54. The molecular formula is C16H26IN3O. The molecule has 1 aromatic carbocycles. The average molecular weight is 403 g/mol. The standard InChI is InChI=1S/C16H25N3O.HI/c1-2-13-5-3-6-15(11-13)19-16(17)18-9-4-10-20-12-14-7-8-14;/h3,5-6,11,14H,2,4,7-10,12H2,1H3,(H3,17,18,19);1H. The number of nitrogens with one attached hydrogen (secondary N) is 1. The van der Waals surface area contributed by atoms with Crippen molar-refractivity contribution in [3.05, 3.63) is 29.8 Å². The predicted octanol–water partition coefficient (Wildman–Crippen LogP) is 3.41. The van der Waals surface area contributed by atoms with Gasteiger partial charge in [-0.1, -0.05) is 19.1 Å².